The minimum atomic E-state index is -0.103. The molecule has 6 nitrogen and oxygen atoms in total. The van der Waals surface area contributed by atoms with Crippen LogP contribution in [-0.2, 0) is 9.53 Å². The number of nitrogens with one attached hydrogen (secondary N) is 2. The first-order chi connectivity index (χ1) is 14.7. The zero-order valence-electron chi connectivity index (χ0n) is 20.1. The smallest absolute Gasteiger partial charge is 0.253 e. The van der Waals surface area contributed by atoms with Gasteiger partial charge >= 0.3 is 0 Å². The maximum Gasteiger partial charge on any atom is 0.253 e. The van der Waals surface area contributed by atoms with Gasteiger partial charge < -0.3 is 20.3 Å². The number of ether oxygens (including phenoxy) is 1. The fourth-order valence-electron chi connectivity index (χ4n) is 4.37. The molecule has 174 valence electrons. The molecule has 6 heteroatoms. The molecule has 0 saturated carbocycles. The van der Waals surface area contributed by atoms with Crippen molar-refractivity contribution in [1.82, 2.24) is 5.32 Å². The Kier molecular flexibility index (Phi) is 9.82. The maximum absolute atomic E-state index is 13.0. The first-order valence-corrected chi connectivity index (χ1v) is 11.7. The molecule has 1 aromatic rings. The van der Waals surface area contributed by atoms with Gasteiger partial charge in [-0.05, 0) is 61.6 Å². The first-order valence-electron chi connectivity index (χ1n) is 11.7. The Balaban J connectivity index is 2.11. The topological polar surface area (TPSA) is 70.7 Å². The van der Waals surface area contributed by atoms with E-state index in [-0.39, 0.29) is 17.2 Å². The van der Waals surface area contributed by atoms with Gasteiger partial charge in [0.1, 0.15) is 0 Å². The summed E-state index contributed by atoms with van der Waals surface area (Å²) < 4.78 is 5.07. The third-order valence-corrected chi connectivity index (χ3v) is 5.53. The van der Waals surface area contributed by atoms with E-state index in [0.29, 0.717) is 36.7 Å². The van der Waals surface area contributed by atoms with E-state index in [9.17, 15) is 9.59 Å². The fraction of sp³-hybridized carbons (Fsp3) is 0.680. The van der Waals surface area contributed by atoms with Gasteiger partial charge in [0.25, 0.3) is 5.91 Å². The highest BCUT2D eigenvalue weighted by Crippen LogP contribution is 2.29. The Labute approximate surface area is 188 Å². The summed E-state index contributed by atoms with van der Waals surface area (Å²) in [6.07, 6.45) is 5.74. The molecule has 0 aliphatic carbocycles. The zero-order chi connectivity index (χ0) is 22.9. The molecule has 1 heterocycles. The Morgan fingerprint density at radius 3 is 2.52 bits per heavy atom. The lowest BCUT2D eigenvalue weighted by Gasteiger charge is -2.30. The average molecular weight is 432 g/mol. The van der Waals surface area contributed by atoms with Gasteiger partial charge in [-0.2, -0.15) is 0 Å². The first kappa shape index (κ1) is 25.2. The molecule has 1 aromatic carbocycles. The van der Waals surface area contributed by atoms with Crippen LogP contribution in [0.4, 0.5) is 11.4 Å². The summed E-state index contributed by atoms with van der Waals surface area (Å²) >= 11 is 0. The number of piperidine rings is 1. The summed E-state index contributed by atoms with van der Waals surface area (Å²) in [6.45, 7) is 11.8. The Morgan fingerprint density at radius 1 is 1.16 bits per heavy atom. The van der Waals surface area contributed by atoms with Crippen LogP contribution in [0.1, 0.15) is 76.6 Å². The van der Waals surface area contributed by atoms with Crippen molar-refractivity contribution in [1.29, 1.82) is 0 Å². The van der Waals surface area contributed by atoms with E-state index in [0.717, 1.165) is 44.5 Å². The second-order valence-electron chi connectivity index (χ2n) is 10.0. The molecule has 1 aliphatic rings. The number of benzene rings is 1. The summed E-state index contributed by atoms with van der Waals surface area (Å²) in [6, 6.07) is 5.71. The number of anilines is 2. The van der Waals surface area contributed by atoms with E-state index < -0.39 is 0 Å². The lowest BCUT2D eigenvalue weighted by molar-refractivity contribution is -0.117. The van der Waals surface area contributed by atoms with Gasteiger partial charge in [-0.25, -0.2) is 0 Å². The quantitative estimate of drug-likeness (QED) is 0.520. The van der Waals surface area contributed by atoms with Crippen LogP contribution < -0.4 is 15.5 Å². The molecule has 2 rings (SSSR count). The molecule has 0 bridgehead atoms. The standard InChI is InChI=1S/C25H41N3O3/c1-19(18-25(2,3)4)16-23(29)27-20-10-11-22(28-13-7-6-8-14-28)21(17-20)24(30)26-12-9-15-31-5/h10-11,17,19H,6-9,12-16,18H2,1-5H3,(H,26,30)(H,27,29)/t19-/m1/s1. The maximum atomic E-state index is 13.0. The van der Waals surface area contributed by atoms with Crippen molar-refractivity contribution < 1.29 is 14.3 Å². The second kappa shape index (κ2) is 12.1. The van der Waals surface area contributed by atoms with Crippen molar-refractivity contribution >= 4 is 23.2 Å². The van der Waals surface area contributed by atoms with Gasteiger partial charge in [-0.3, -0.25) is 9.59 Å². The SMILES string of the molecule is COCCCNC(=O)c1cc(NC(=O)C[C@@H](C)CC(C)(C)C)ccc1N1CCCCC1. The van der Waals surface area contributed by atoms with Gasteiger partial charge in [0, 0.05) is 51.1 Å². The molecule has 0 unspecified atom stereocenters. The largest absolute Gasteiger partial charge is 0.385 e. The van der Waals surface area contributed by atoms with Gasteiger partial charge in [0.15, 0.2) is 0 Å². The zero-order valence-corrected chi connectivity index (χ0v) is 20.1. The monoisotopic (exact) mass is 431 g/mol. The predicted molar refractivity (Wildman–Crippen MR) is 128 cm³/mol. The van der Waals surface area contributed by atoms with Crippen LogP contribution in [0.2, 0.25) is 0 Å². The van der Waals surface area contributed by atoms with Crippen LogP contribution in [0.25, 0.3) is 0 Å². The van der Waals surface area contributed by atoms with E-state index in [1.165, 1.54) is 6.42 Å². The Morgan fingerprint density at radius 2 is 1.87 bits per heavy atom. The molecule has 0 aromatic heterocycles. The van der Waals surface area contributed by atoms with Crippen LogP contribution >= 0.6 is 0 Å². The number of amides is 2. The average Bonchev–Trinajstić information content (AvgIpc) is 2.70. The Bertz CT molecular complexity index is 721. The minimum Gasteiger partial charge on any atom is -0.385 e. The van der Waals surface area contributed by atoms with Crippen LogP contribution in [-0.4, -0.2) is 45.2 Å². The van der Waals surface area contributed by atoms with Crippen molar-refractivity contribution in [2.24, 2.45) is 11.3 Å². The summed E-state index contributed by atoms with van der Waals surface area (Å²) in [5.74, 6) is 0.193. The van der Waals surface area contributed by atoms with Crippen molar-refractivity contribution in [3.05, 3.63) is 23.8 Å². The van der Waals surface area contributed by atoms with Gasteiger partial charge in [-0.15, -0.1) is 0 Å². The third-order valence-electron chi connectivity index (χ3n) is 5.53. The lowest BCUT2D eigenvalue weighted by atomic mass is 9.84. The van der Waals surface area contributed by atoms with Crippen LogP contribution in [0, 0.1) is 11.3 Å². The third kappa shape index (κ3) is 8.90. The van der Waals surface area contributed by atoms with Gasteiger partial charge in [0.05, 0.1) is 5.56 Å². The number of hydrogen-bond donors (Lipinski definition) is 2. The molecule has 0 radical (unpaired) electrons. The summed E-state index contributed by atoms with van der Waals surface area (Å²) in [5.41, 5.74) is 2.45. The number of carbonyl (C=O) groups excluding carboxylic acids is 2. The van der Waals surface area contributed by atoms with Crippen molar-refractivity contribution in [3.8, 4) is 0 Å². The molecule has 2 amide bonds. The molecule has 1 saturated heterocycles. The molecule has 1 atom stereocenters. The normalized spacial score (nSPS) is 15.5. The molecule has 1 aliphatic heterocycles. The minimum absolute atomic E-state index is 0.00562. The number of rotatable bonds is 10. The van der Waals surface area contributed by atoms with Gasteiger partial charge in [0.2, 0.25) is 5.91 Å². The summed E-state index contributed by atoms with van der Waals surface area (Å²) in [4.78, 5) is 27.8. The highest BCUT2D eigenvalue weighted by molar-refractivity contribution is 6.02. The number of carbonyl (C=O) groups is 2. The number of methoxy groups -OCH3 is 1. The van der Waals surface area contributed by atoms with Crippen LogP contribution in [0.15, 0.2) is 18.2 Å². The number of hydrogen-bond acceptors (Lipinski definition) is 4. The molecule has 2 N–H and O–H groups in total. The summed E-state index contributed by atoms with van der Waals surface area (Å²) in [7, 11) is 1.66. The van der Waals surface area contributed by atoms with Crippen molar-refractivity contribution in [2.75, 3.05) is 43.6 Å². The second-order valence-corrected chi connectivity index (χ2v) is 10.0. The van der Waals surface area contributed by atoms with E-state index in [4.69, 9.17) is 4.74 Å². The number of nitrogens with zero attached hydrogens (tertiary/aromatic N) is 1. The van der Waals surface area contributed by atoms with Crippen LogP contribution in [0.3, 0.4) is 0 Å². The molecular weight excluding hydrogens is 390 g/mol. The van der Waals surface area contributed by atoms with E-state index in [1.54, 1.807) is 7.11 Å². The molecular formula is C25H41N3O3. The van der Waals surface area contributed by atoms with Crippen molar-refractivity contribution in [2.45, 2.75) is 66.2 Å². The lowest BCUT2D eigenvalue weighted by Crippen LogP contribution is -2.33. The molecule has 0 spiro atoms. The predicted octanol–water partition coefficient (Wildman–Crippen LogP) is 4.84. The Hall–Kier alpha value is -2.08. The molecule has 1 fully saturated rings. The van der Waals surface area contributed by atoms with E-state index in [1.807, 2.05) is 18.2 Å². The van der Waals surface area contributed by atoms with Crippen LogP contribution in [0.5, 0.6) is 0 Å². The molecule has 31 heavy (non-hydrogen) atoms. The van der Waals surface area contributed by atoms with E-state index >= 15 is 0 Å². The highest BCUT2D eigenvalue weighted by atomic mass is 16.5. The van der Waals surface area contributed by atoms with Crippen molar-refractivity contribution in [3.63, 3.8) is 0 Å². The summed E-state index contributed by atoms with van der Waals surface area (Å²) in [5, 5.41) is 6.00. The van der Waals surface area contributed by atoms with Gasteiger partial charge in [-0.1, -0.05) is 27.7 Å². The fourth-order valence-corrected chi connectivity index (χ4v) is 4.37. The highest BCUT2D eigenvalue weighted by Gasteiger charge is 2.21. The van der Waals surface area contributed by atoms with E-state index in [2.05, 4.69) is 43.2 Å².